The van der Waals surface area contributed by atoms with Crippen LogP contribution < -0.4 is 10.6 Å². The van der Waals surface area contributed by atoms with E-state index in [0.29, 0.717) is 18.3 Å². The smallest absolute Gasteiger partial charge is 0.231 e. The van der Waals surface area contributed by atoms with Gasteiger partial charge in [0.1, 0.15) is 0 Å². The average Bonchev–Trinajstić information content (AvgIpc) is 2.94. The molecule has 2 heterocycles. The van der Waals surface area contributed by atoms with Crippen LogP contribution >= 0.6 is 0 Å². The summed E-state index contributed by atoms with van der Waals surface area (Å²) in [6.07, 6.45) is 0. The Morgan fingerprint density at radius 1 is 1.43 bits per heavy atom. The van der Waals surface area contributed by atoms with E-state index in [1.807, 2.05) is 37.3 Å². The Bertz CT molecular complexity index is 607. The van der Waals surface area contributed by atoms with E-state index in [-0.39, 0.29) is 17.7 Å². The second-order valence-corrected chi connectivity index (χ2v) is 5.32. The molecule has 1 amide bonds. The van der Waals surface area contributed by atoms with E-state index in [2.05, 4.69) is 20.8 Å². The van der Waals surface area contributed by atoms with E-state index in [9.17, 15) is 4.79 Å². The second kappa shape index (κ2) is 6.05. The molecule has 2 N–H and O–H groups in total. The Morgan fingerprint density at radius 2 is 2.19 bits per heavy atom. The van der Waals surface area contributed by atoms with Crippen LogP contribution in [0.2, 0.25) is 0 Å². The van der Waals surface area contributed by atoms with Crippen LogP contribution in [0.3, 0.4) is 0 Å². The fourth-order valence-corrected chi connectivity index (χ4v) is 2.10. The number of nitrogens with one attached hydrogen (secondary N) is 2. The van der Waals surface area contributed by atoms with Gasteiger partial charge in [-0.3, -0.25) is 4.79 Å². The molecule has 6 nitrogen and oxygen atoms in total. The Balaban J connectivity index is 1.59. The molecule has 1 aromatic carbocycles. The van der Waals surface area contributed by atoms with Gasteiger partial charge in [0.25, 0.3) is 0 Å². The zero-order chi connectivity index (χ0) is 14.7. The van der Waals surface area contributed by atoms with Gasteiger partial charge in [-0.15, -0.1) is 0 Å². The highest BCUT2D eigenvalue weighted by Crippen LogP contribution is 2.19. The first-order valence-corrected chi connectivity index (χ1v) is 7.11. The number of aromatic nitrogens is 2. The molecule has 0 aliphatic carbocycles. The summed E-state index contributed by atoms with van der Waals surface area (Å²) in [6, 6.07) is 9.68. The van der Waals surface area contributed by atoms with Gasteiger partial charge in [0, 0.05) is 25.2 Å². The molecular weight excluding hydrogens is 268 g/mol. The molecule has 1 unspecified atom stereocenters. The topological polar surface area (TPSA) is 80.0 Å². The molecule has 1 saturated heterocycles. The Morgan fingerprint density at radius 3 is 2.86 bits per heavy atom. The molecule has 1 atom stereocenters. The van der Waals surface area contributed by atoms with Gasteiger partial charge in [0.05, 0.1) is 11.8 Å². The van der Waals surface area contributed by atoms with E-state index < -0.39 is 0 Å². The number of benzene rings is 1. The first-order valence-electron chi connectivity index (χ1n) is 7.11. The van der Waals surface area contributed by atoms with Crippen molar-refractivity contribution in [1.82, 2.24) is 20.8 Å². The highest BCUT2D eigenvalue weighted by Gasteiger charge is 2.25. The van der Waals surface area contributed by atoms with Gasteiger partial charge in [0.2, 0.25) is 17.6 Å². The Labute approximate surface area is 122 Å². The minimum atomic E-state index is -0.00746. The molecule has 1 aliphatic rings. The van der Waals surface area contributed by atoms with Crippen molar-refractivity contribution in [2.75, 3.05) is 19.6 Å². The third kappa shape index (κ3) is 3.11. The van der Waals surface area contributed by atoms with E-state index in [1.165, 1.54) is 0 Å². The maximum atomic E-state index is 11.8. The second-order valence-electron chi connectivity index (χ2n) is 5.32. The summed E-state index contributed by atoms with van der Waals surface area (Å²) in [7, 11) is 0. The van der Waals surface area contributed by atoms with Crippen LogP contribution in [0.1, 0.15) is 18.7 Å². The monoisotopic (exact) mass is 286 g/mol. The van der Waals surface area contributed by atoms with Gasteiger partial charge in [-0.2, -0.15) is 4.98 Å². The van der Waals surface area contributed by atoms with Crippen molar-refractivity contribution in [3.63, 3.8) is 0 Å². The fourth-order valence-electron chi connectivity index (χ4n) is 2.10. The van der Waals surface area contributed by atoms with E-state index in [1.54, 1.807) is 0 Å². The van der Waals surface area contributed by atoms with Crippen molar-refractivity contribution in [1.29, 1.82) is 0 Å². The summed E-state index contributed by atoms with van der Waals surface area (Å²) >= 11 is 0. The van der Waals surface area contributed by atoms with Crippen molar-refractivity contribution < 1.29 is 9.32 Å². The molecule has 3 rings (SSSR count). The van der Waals surface area contributed by atoms with Crippen molar-refractivity contribution in [2.45, 2.75) is 12.8 Å². The molecule has 0 radical (unpaired) electrons. The first kappa shape index (κ1) is 13.8. The van der Waals surface area contributed by atoms with Crippen LogP contribution in [0.4, 0.5) is 0 Å². The molecule has 21 heavy (non-hydrogen) atoms. The van der Waals surface area contributed by atoms with Gasteiger partial charge in [-0.25, -0.2) is 0 Å². The summed E-state index contributed by atoms with van der Waals surface area (Å²) in [5.41, 5.74) is 0.921. The zero-order valence-corrected chi connectivity index (χ0v) is 11.9. The third-order valence-electron chi connectivity index (χ3n) is 3.63. The Hall–Kier alpha value is -2.21. The molecule has 110 valence electrons. The summed E-state index contributed by atoms with van der Waals surface area (Å²) in [5.74, 6) is 1.29. The number of carbonyl (C=O) groups is 1. The normalized spacial score (nSPS) is 16.2. The van der Waals surface area contributed by atoms with Crippen LogP contribution in [-0.2, 0) is 4.79 Å². The minimum absolute atomic E-state index is 0.00746. The van der Waals surface area contributed by atoms with Crippen LogP contribution in [-0.4, -0.2) is 35.7 Å². The van der Waals surface area contributed by atoms with Gasteiger partial charge >= 0.3 is 0 Å². The number of nitrogens with zero attached hydrogens (tertiary/aromatic N) is 2. The predicted molar refractivity (Wildman–Crippen MR) is 77.5 cm³/mol. The number of amides is 1. The lowest BCUT2D eigenvalue weighted by molar-refractivity contribution is -0.126. The van der Waals surface area contributed by atoms with Crippen molar-refractivity contribution in [3.8, 4) is 11.4 Å². The van der Waals surface area contributed by atoms with Gasteiger partial charge in [-0.1, -0.05) is 42.4 Å². The quantitative estimate of drug-likeness (QED) is 0.862. The molecule has 0 saturated carbocycles. The molecule has 0 spiro atoms. The lowest BCUT2D eigenvalue weighted by Crippen LogP contribution is -2.51. The molecular formula is C15H18N4O2. The summed E-state index contributed by atoms with van der Waals surface area (Å²) in [5, 5.41) is 9.99. The van der Waals surface area contributed by atoms with Crippen molar-refractivity contribution >= 4 is 5.91 Å². The zero-order valence-electron chi connectivity index (χ0n) is 11.9. The lowest BCUT2D eigenvalue weighted by Gasteiger charge is -2.26. The third-order valence-corrected chi connectivity index (χ3v) is 3.63. The molecule has 2 aromatic rings. The van der Waals surface area contributed by atoms with Crippen LogP contribution in [0.15, 0.2) is 34.9 Å². The Kier molecular flexibility index (Phi) is 3.96. The van der Waals surface area contributed by atoms with E-state index in [4.69, 9.17) is 4.52 Å². The van der Waals surface area contributed by atoms with E-state index >= 15 is 0 Å². The first-order chi connectivity index (χ1) is 10.2. The standard InChI is InChI=1S/C15H18N4O2/c1-10(7-17-14(20)12-8-16-9-12)15-18-13(19-21-15)11-5-3-2-4-6-11/h2-6,10,12,16H,7-9H2,1H3,(H,17,20). The van der Waals surface area contributed by atoms with Gasteiger partial charge in [0.15, 0.2) is 0 Å². The maximum Gasteiger partial charge on any atom is 0.231 e. The number of carbonyl (C=O) groups excluding carboxylic acids is 1. The highest BCUT2D eigenvalue weighted by molar-refractivity contribution is 5.80. The highest BCUT2D eigenvalue weighted by atomic mass is 16.5. The van der Waals surface area contributed by atoms with Crippen LogP contribution in [0.5, 0.6) is 0 Å². The lowest BCUT2D eigenvalue weighted by atomic mass is 10.0. The molecule has 6 heteroatoms. The number of hydrogen-bond donors (Lipinski definition) is 2. The molecule has 1 aromatic heterocycles. The van der Waals surface area contributed by atoms with E-state index in [0.717, 1.165) is 18.7 Å². The molecule has 1 fully saturated rings. The maximum absolute atomic E-state index is 11.8. The van der Waals surface area contributed by atoms with Crippen molar-refractivity contribution in [3.05, 3.63) is 36.2 Å². The summed E-state index contributed by atoms with van der Waals surface area (Å²) in [6.45, 7) is 3.99. The molecule has 1 aliphatic heterocycles. The van der Waals surface area contributed by atoms with Gasteiger partial charge < -0.3 is 15.2 Å². The van der Waals surface area contributed by atoms with Gasteiger partial charge in [-0.05, 0) is 0 Å². The largest absolute Gasteiger partial charge is 0.355 e. The van der Waals surface area contributed by atoms with Crippen molar-refractivity contribution in [2.24, 2.45) is 5.92 Å². The SMILES string of the molecule is CC(CNC(=O)C1CNC1)c1nc(-c2ccccc2)no1. The predicted octanol–water partition coefficient (Wildman–Crippen LogP) is 1.18. The van der Waals surface area contributed by atoms with Crippen LogP contribution in [0.25, 0.3) is 11.4 Å². The minimum Gasteiger partial charge on any atom is -0.355 e. The summed E-state index contributed by atoms with van der Waals surface area (Å²) < 4.78 is 5.29. The molecule has 0 bridgehead atoms. The average molecular weight is 286 g/mol. The van der Waals surface area contributed by atoms with Crippen LogP contribution in [0, 0.1) is 5.92 Å². The number of rotatable bonds is 5. The summed E-state index contributed by atoms with van der Waals surface area (Å²) in [4.78, 5) is 16.2. The number of hydrogen-bond acceptors (Lipinski definition) is 5. The fraction of sp³-hybridized carbons (Fsp3) is 0.400.